The summed E-state index contributed by atoms with van der Waals surface area (Å²) in [7, 11) is 0. The van der Waals surface area contributed by atoms with Crippen LogP contribution in [0, 0.1) is 26.6 Å². The summed E-state index contributed by atoms with van der Waals surface area (Å²) in [6.07, 6.45) is 0. The standard InChI is InChI=1S/C25H25FN6O/c1-16-6-4-5-7-21(16)32-24-22(17(2)29-32)23(27-18(3)28-24)30-12-14-31(15-13-30)25(33)19-8-10-20(26)11-9-19/h4-11H,12-15H2,1-3H3. The lowest BCUT2D eigenvalue weighted by Crippen LogP contribution is -2.49. The van der Waals surface area contributed by atoms with Crippen molar-refractivity contribution in [3.63, 3.8) is 0 Å². The number of fused-ring (bicyclic) bond motifs is 1. The SMILES string of the molecule is Cc1nc(N2CCN(C(=O)c3ccc(F)cc3)CC2)c2c(C)nn(-c3ccccc3C)c2n1. The minimum atomic E-state index is -0.346. The van der Waals surface area contributed by atoms with Crippen LogP contribution in [0.1, 0.15) is 27.4 Å². The van der Waals surface area contributed by atoms with Gasteiger partial charge in [0.25, 0.3) is 5.91 Å². The second-order valence-corrected chi connectivity index (χ2v) is 8.36. The Morgan fingerprint density at radius 2 is 1.61 bits per heavy atom. The van der Waals surface area contributed by atoms with Gasteiger partial charge in [-0.25, -0.2) is 19.0 Å². The fraction of sp³-hybridized carbons (Fsp3) is 0.280. The number of halogens is 1. The van der Waals surface area contributed by atoms with Crippen LogP contribution in [-0.2, 0) is 0 Å². The summed E-state index contributed by atoms with van der Waals surface area (Å²) < 4.78 is 15.1. The van der Waals surface area contributed by atoms with Gasteiger partial charge in [0.05, 0.1) is 16.8 Å². The lowest BCUT2D eigenvalue weighted by Gasteiger charge is -2.35. The molecule has 1 amide bonds. The molecule has 1 aliphatic rings. The van der Waals surface area contributed by atoms with Gasteiger partial charge in [0, 0.05) is 31.7 Å². The number of carbonyl (C=O) groups excluding carboxylic acids is 1. The van der Waals surface area contributed by atoms with E-state index in [1.165, 1.54) is 24.3 Å². The number of aromatic nitrogens is 4. The average Bonchev–Trinajstić information content (AvgIpc) is 3.15. The third kappa shape index (κ3) is 3.82. The van der Waals surface area contributed by atoms with E-state index in [4.69, 9.17) is 15.1 Å². The first-order valence-electron chi connectivity index (χ1n) is 11.0. The summed E-state index contributed by atoms with van der Waals surface area (Å²) >= 11 is 0. The molecule has 5 rings (SSSR count). The molecule has 2 aromatic carbocycles. The number of nitrogens with zero attached hydrogens (tertiary/aromatic N) is 6. The van der Waals surface area contributed by atoms with Gasteiger partial charge in [-0.15, -0.1) is 0 Å². The van der Waals surface area contributed by atoms with E-state index < -0.39 is 0 Å². The predicted octanol–water partition coefficient (Wildman–Crippen LogP) is 3.84. The molecule has 1 fully saturated rings. The number of carbonyl (C=O) groups is 1. The molecule has 0 atom stereocenters. The Labute approximate surface area is 191 Å². The highest BCUT2D eigenvalue weighted by Gasteiger charge is 2.26. The smallest absolute Gasteiger partial charge is 0.253 e. The first-order valence-corrected chi connectivity index (χ1v) is 11.0. The number of piperazine rings is 1. The zero-order valence-corrected chi connectivity index (χ0v) is 18.9. The number of hydrogen-bond donors (Lipinski definition) is 0. The van der Waals surface area contributed by atoms with Crippen LogP contribution in [0.5, 0.6) is 0 Å². The first-order chi connectivity index (χ1) is 15.9. The minimum absolute atomic E-state index is 0.0813. The molecule has 1 aliphatic heterocycles. The van der Waals surface area contributed by atoms with Crippen molar-refractivity contribution in [2.75, 3.05) is 31.1 Å². The molecule has 0 saturated carbocycles. The number of hydrogen-bond acceptors (Lipinski definition) is 5. The Morgan fingerprint density at radius 3 is 2.30 bits per heavy atom. The Balaban J connectivity index is 1.45. The van der Waals surface area contributed by atoms with Gasteiger partial charge in [-0.2, -0.15) is 5.10 Å². The monoisotopic (exact) mass is 444 g/mol. The number of para-hydroxylation sites is 1. The summed E-state index contributed by atoms with van der Waals surface area (Å²) in [5, 5.41) is 5.73. The fourth-order valence-corrected chi connectivity index (χ4v) is 4.36. The zero-order valence-electron chi connectivity index (χ0n) is 18.9. The van der Waals surface area contributed by atoms with Gasteiger partial charge in [-0.05, 0) is 56.7 Å². The molecule has 1 saturated heterocycles. The number of rotatable bonds is 3. The van der Waals surface area contributed by atoms with Gasteiger partial charge in [0.1, 0.15) is 17.5 Å². The molecule has 3 heterocycles. The molecule has 8 heteroatoms. The molecule has 0 unspecified atom stereocenters. The Hall–Kier alpha value is -3.81. The summed E-state index contributed by atoms with van der Waals surface area (Å²) in [5.41, 5.74) is 4.27. The minimum Gasteiger partial charge on any atom is -0.352 e. The van der Waals surface area contributed by atoms with Crippen molar-refractivity contribution in [1.29, 1.82) is 0 Å². The third-order valence-electron chi connectivity index (χ3n) is 6.10. The van der Waals surface area contributed by atoms with Gasteiger partial charge in [0.15, 0.2) is 5.65 Å². The molecule has 168 valence electrons. The second-order valence-electron chi connectivity index (χ2n) is 8.36. The van der Waals surface area contributed by atoms with E-state index in [1.54, 1.807) is 4.90 Å². The molecule has 7 nitrogen and oxygen atoms in total. The van der Waals surface area contributed by atoms with E-state index in [0.717, 1.165) is 33.8 Å². The van der Waals surface area contributed by atoms with E-state index in [9.17, 15) is 9.18 Å². The van der Waals surface area contributed by atoms with Crippen LogP contribution in [0.2, 0.25) is 0 Å². The summed E-state index contributed by atoms with van der Waals surface area (Å²) in [6, 6.07) is 13.8. The quantitative estimate of drug-likeness (QED) is 0.480. The molecular weight excluding hydrogens is 419 g/mol. The molecule has 0 aliphatic carbocycles. The largest absolute Gasteiger partial charge is 0.352 e. The Bertz CT molecular complexity index is 1340. The Kier molecular flexibility index (Phi) is 5.28. The van der Waals surface area contributed by atoms with Crippen LogP contribution in [-0.4, -0.2) is 56.7 Å². The lowest BCUT2D eigenvalue weighted by atomic mass is 10.1. The molecule has 33 heavy (non-hydrogen) atoms. The topological polar surface area (TPSA) is 67.2 Å². The van der Waals surface area contributed by atoms with Crippen molar-refractivity contribution in [2.24, 2.45) is 0 Å². The Morgan fingerprint density at radius 1 is 0.909 bits per heavy atom. The normalized spacial score (nSPS) is 14.2. The lowest BCUT2D eigenvalue weighted by molar-refractivity contribution is 0.0746. The second kappa shape index (κ2) is 8.27. The maximum Gasteiger partial charge on any atom is 0.253 e. The van der Waals surface area contributed by atoms with Gasteiger partial charge >= 0.3 is 0 Å². The molecule has 0 bridgehead atoms. The number of anilines is 1. The fourth-order valence-electron chi connectivity index (χ4n) is 4.36. The van der Waals surface area contributed by atoms with Crippen LogP contribution < -0.4 is 4.90 Å². The van der Waals surface area contributed by atoms with Gasteiger partial charge in [-0.1, -0.05) is 18.2 Å². The van der Waals surface area contributed by atoms with Crippen LogP contribution in [0.4, 0.5) is 10.2 Å². The van der Waals surface area contributed by atoms with Crippen molar-refractivity contribution < 1.29 is 9.18 Å². The third-order valence-corrected chi connectivity index (χ3v) is 6.10. The molecule has 0 spiro atoms. The van der Waals surface area contributed by atoms with E-state index in [0.29, 0.717) is 37.6 Å². The van der Waals surface area contributed by atoms with Crippen molar-refractivity contribution in [3.8, 4) is 5.69 Å². The van der Waals surface area contributed by atoms with E-state index >= 15 is 0 Å². The molecular formula is C25H25FN6O. The predicted molar refractivity (Wildman–Crippen MR) is 125 cm³/mol. The van der Waals surface area contributed by atoms with Crippen LogP contribution in [0.25, 0.3) is 16.7 Å². The van der Waals surface area contributed by atoms with Gasteiger partial charge in [0.2, 0.25) is 0 Å². The van der Waals surface area contributed by atoms with Crippen LogP contribution in [0.3, 0.4) is 0 Å². The molecule has 0 N–H and O–H groups in total. The van der Waals surface area contributed by atoms with Crippen LogP contribution in [0.15, 0.2) is 48.5 Å². The number of benzene rings is 2. The van der Waals surface area contributed by atoms with E-state index in [2.05, 4.69) is 17.9 Å². The number of amides is 1. The van der Waals surface area contributed by atoms with Crippen molar-refractivity contribution >= 4 is 22.8 Å². The van der Waals surface area contributed by atoms with E-state index in [-0.39, 0.29) is 11.7 Å². The summed E-state index contributed by atoms with van der Waals surface area (Å²) in [4.78, 5) is 26.3. The highest BCUT2D eigenvalue weighted by atomic mass is 19.1. The van der Waals surface area contributed by atoms with Gasteiger partial charge in [-0.3, -0.25) is 4.79 Å². The summed E-state index contributed by atoms with van der Waals surface area (Å²) in [5.74, 6) is 1.10. The van der Waals surface area contributed by atoms with Crippen molar-refractivity contribution in [3.05, 3.63) is 77.0 Å². The first kappa shape index (κ1) is 21.1. The summed E-state index contributed by atoms with van der Waals surface area (Å²) in [6.45, 7) is 8.35. The van der Waals surface area contributed by atoms with Crippen molar-refractivity contribution in [2.45, 2.75) is 20.8 Å². The molecule has 4 aromatic rings. The van der Waals surface area contributed by atoms with Crippen molar-refractivity contribution in [1.82, 2.24) is 24.6 Å². The zero-order chi connectivity index (χ0) is 23.1. The maximum atomic E-state index is 13.2. The highest BCUT2D eigenvalue weighted by Crippen LogP contribution is 2.30. The highest BCUT2D eigenvalue weighted by molar-refractivity contribution is 5.95. The van der Waals surface area contributed by atoms with Crippen LogP contribution >= 0.6 is 0 Å². The number of aryl methyl sites for hydroxylation is 3. The maximum absolute atomic E-state index is 13.2. The molecule has 0 radical (unpaired) electrons. The molecule has 2 aromatic heterocycles. The van der Waals surface area contributed by atoms with Gasteiger partial charge < -0.3 is 9.80 Å². The average molecular weight is 445 g/mol. The van der Waals surface area contributed by atoms with E-state index in [1.807, 2.05) is 36.7 Å².